The number of nitrogens with one attached hydrogen (secondary N) is 1. The van der Waals surface area contributed by atoms with E-state index in [2.05, 4.69) is 27.5 Å². The number of hydrogen-bond acceptors (Lipinski definition) is 6. The molecule has 0 spiro atoms. The number of carbonyl (C=O) groups excluding carboxylic acids is 1. The second kappa shape index (κ2) is 9.87. The van der Waals surface area contributed by atoms with Crippen molar-refractivity contribution in [1.29, 1.82) is 0 Å². The first-order valence-electron chi connectivity index (χ1n) is 10.5. The number of aromatic nitrogens is 3. The van der Waals surface area contributed by atoms with Crippen molar-refractivity contribution in [3.63, 3.8) is 0 Å². The fourth-order valence-electron chi connectivity index (χ4n) is 3.64. The van der Waals surface area contributed by atoms with Crippen molar-refractivity contribution < 1.29 is 14.3 Å². The fourth-order valence-corrected chi connectivity index (χ4v) is 4.44. The Labute approximate surface area is 197 Å². The summed E-state index contributed by atoms with van der Waals surface area (Å²) in [4.78, 5) is 17.3. The number of carbonyl (C=O) groups is 1. The number of ether oxygens (including phenoxy) is 2. The molecule has 0 radical (unpaired) electrons. The van der Waals surface area contributed by atoms with Gasteiger partial charge in [0.15, 0.2) is 11.5 Å². The van der Waals surface area contributed by atoms with Gasteiger partial charge in [0.25, 0.3) is 5.91 Å². The van der Waals surface area contributed by atoms with Crippen molar-refractivity contribution in [2.75, 3.05) is 14.2 Å². The monoisotopic (exact) mass is 462 g/mol. The molecule has 0 bridgehead atoms. The Bertz CT molecular complexity index is 1260. The number of benzene rings is 2. The van der Waals surface area contributed by atoms with Gasteiger partial charge in [-0.15, -0.1) is 11.3 Å². The highest BCUT2D eigenvalue weighted by atomic mass is 32.1. The van der Waals surface area contributed by atoms with Crippen molar-refractivity contribution in [1.82, 2.24) is 20.1 Å². The number of hydrogen-bond donors (Lipinski definition) is 1. The summed E-state index contributed by atoms with van der Waals surface area (Å²) in [5.41, 5.74) is 5.41. The molecular formula is C25H26N4O3S. The van der Waals surface area contributed by atoms with Crippen LogP contribution in [-0.4, -0.2) is 34.9 Å². The molecular weight excluding hydrogens is 436 g/mol. The van der Waals surface area contributed by atoms with Crippen molar-refractivity contribution >= 4 is 17.2 Å². The van der Waals surface area contributed by atoms with Crippen LogP contribution in [0.25, 0.3) is 10.6 Å². The quantitative estimate of drug-likeness (QED) is 0.413. The average molecular weight is 463 g/mol. The maximum atomic E-state index is 12.8. The van der Waals surface area contributed by atoms with Crippen molar-refractivity contribution in [3.05, 3.63) is 82.1 Å². The predicted octanol–water partition coefficient (Wildman–Crippen LogP) is 4.62. The highest BCUT2D eigenvalue weighted by Gasteiger charge is 2.16. The maximum Gasteiger partial charge on any atom is 0.271 e. The number of thiazole rings is 1. The topological polar surface area (TPSA) is 78.3 Å². The molecule has 0 saturated heterocycles. The molecule has 8 heteroatoms. The predicted molar refractivity (Wildman–Crippen MR) is 129 cm³/mol. The van der Waals surface area contributed by atoms with Crippen LogP contribution in [0, 0.1) is 13.8 Å². The minimum Gasteiger partial charge on any atom is -0.493 e. The van der Waals surface area contributed by atoms with E-state index < -0.39 is 0 Å². The summed E-state index contributed by atoms with van der Waals surface area (Å²) in [6.07, 6.45) is 0. The maximum absolute atomic E-state index is 12.8. The number of aryl methyl sites for hydroxylation is 1. The van der Waals surface area contributed by atoms with Gasteiger partial charge in [-0.25, -0.2) is 4.98 Å². The van der Waals surface area contributed by atoms with E-state index in [1.807, 2.05) is 54.9 Å². The molecule has 4 rings (SSSR count). The lowest BCUT2D eigenvalue weighted by Crippen LogP contribution is -2.23. The van der Waals surface area contributed by atoms with Crippen LogP contribution in [0.3, 0.4) is 0 Å². The van der Waals surface area contributed by atoms with Crippen LogP contribution in [-0.2, 0) is 13.1 Å². The molecule has 0 aliphatic rings. The van der Waals surface area contributed by atoms with E-state index in [1.165, 1.54) is 16.9 Å². The van der Waals surface area contributed by atoms with Gasteiger partial charge in [0.2, 0.25) is 0 Å². The Morgan fingerprint density at radius 3 is 2.55 bits per heavy atom. The molecule has 170 valence electrons. The third kappa shape index (κ3) is 4.90. The standard InChI is InChI=1S/C25H26N4O3S/c1-16-20(17(2)29(28-16)14-18-8-6-5-7-9-18)13-26-24(30)21-15-33-25(27-21)19-10-11-22(31-3)23(12-19)32-4/h5-12,15H,13-14H2,1-4H3,(H,26,30). The summed E-state index contributed by atoms with van der Waals surface area (Å²) in [5.74, 6) is 1.05. The minimum atomic E-state index is -0.215. The third-order valence-electron chi connectivity index (χ3n) is 5.50. The Morgan fingerprint density at radius 2 is 1.82 bits per heavy atom. The largest absolute Gasteiger partial charge is 0.493 e. The summed E-state index contributed by atoms with van der Waals surface area (Å²) in [6.45, 7) is 5.09. The molecule has 2 aromatic carbocycles. The zero-order valence-electron chi connectivity index (χ0n) is 19.1. The van der Waals surface area contributed by atoms with Gasteiger partial charge in [-0.1, -0.05) is 30.3 Å². The molecule has 1 N–H and O–H groups in total. The van der Waals surface area contributed by atoms with Crippen LogP contribution in [0.15, 0.2) is 53.9 Å². The molecule has 0 aliphatic heterocycles. The number of methoxy groups -OCH3 is 2. The first-order chi connectivity index (χ1) is 16.0. The molecule has 0 atom stereocenters. The van der Waals surface area contributed by atoms with Crippen LogP contribution >= 0.6 is 11.3 Å². The fraction of sp³-hybridized carbons (Fsp3) is 0.240. The highest BCUT2D eigenvalue weighted by Crippen LogP contribution is 2.33. The van der Waals surface area contributed by atoms with Crippen molar-refractivity contribution in [2.24, 2.45) is 0 Å². The van der Waals surface area contributed by atoms with Gasteiger partial charge in [-0.05, 0) is 37.6 Å². The van der Waals surface area contributed by atoms with Gasteiger partial charge < -0.3 is 14.8 Å². The summed E-state index contributed by atoms with van der Waals surface area (Å²) in [6, 6.07) is 15.8. The van der Waals surface area contributed by atoms with E-state index in [0.717, 1.165) is 27.5 Å². The van der Waals surface area contributed by atoms with E-state index in [4.69, 9.17) is 9.47 Å². The summed E-state index contributed by atoms with van der Waals surface area (Å²) >= 11 is 1.41. The molecule has 1 amide bonds. The minimum absolute atomic E-state index is 0.215. The molecule has 0 fully saturated rings. The molecule has 4 aromatic rings. The van der Waals surface area contributed by atoms with E-state index in [9.17, 15) is 4.79 Å². The van der Waals surface area contributed by atoms with Crippen LogP contribution in [0.4, 0.5) is 0 Å². The van der Waals surface area contributed by atoms with Gasteiger partial charge in [0, 0.05) is 28.7 Å². The first-order valence-corrected chi connectivity index (χ1v) is 11.4. The van der Waals surface area contributed by atoms with E-state index >= 15 is 0 Å². The van der Waals surface area contributed by atoms with Gasteiger partial charge >= 0.3 is 0 Å². The molecule has 2 heterocycles. The van der Waals surface area contributed by atoms with Gasteiger partial charge in [-0.3, -0.25) is 9.48 Å². The molecule has 0 unspecified atom stereocenters. The number of rotatable bonds is 8. The van der Waals surface area contributed by atoms with Gasteiger partial charge in [0.05, 0.1) is 26.5 Å². The van der Waals surface area contributed by atoms with Gasteiger partial charge in [0.1, 0.15) is 10.7 Å². The molecule has 2 aromatic heterocycles. The van der Waals surface area contributed by atoms with Crippen LogP contribution in [0.5, 0.6) is 11.5 Å². The summed E-state index contributed by atoms with van der Waals surface area (Å²) in [5, 5.41) is 10.2. The average Bonchev–Trinajstić information content (AvgIpc) is 3.43. The first kappa shape index (κ1) is 22.5. The number of nitrogens with zero attached hydrogens (tertiary/aromatic N) is 3. The lowest BCUT2D eigenvalue weighted by atomic mass is 10.2. The van der Waals surface area contributed by atoms with Crippen LogP contribution < -0.4 is 14.8 Å². The smallest absolute Gasteiger partial charge is 0.271 e. The molecule has 0 saturated carbocycles. The normalized spacial score (nSPS) is 10.8. The molecule has 7 nitrogen and oxygen atoms in total. The second-order valence-corrected chi connectivity index (χ2v) is 8.44. The lowest BCUT2D eigenvalue weighted by Gasteiger charge is -2.08. The van der Waals surface area contributed by atoms with Crippen molar-refractivity contribution in [2.45, 2.75) is 26.9 Å². The third-order valence-corrected chi connectivity index (χ3v) is 6.39. The van der Waals surface area contributed by atoms with Crippen LogP contribution in [0.2, 0.25) is 0 Å². The highest BCUT2D eigenvalue weighted by molar-refractivity contribution is 7.13. The van der Waals surface area contributed by atoms with Gasteiger partial charge in [-0.2, -0.15) is 5.10 Å². The Kier molecular flexibility index (Phi) is 6.74. The van der Waals surface area contributed by atoms with E-state index in [0.29, 0.717) is 30.3 Å². The van der Waals surface area contributed by atoms with E-state index in [-0.39, 0.29) is 5.91 Å². The zero-order valence-corrected chi connectivity index (χ0v) is 19.9. The zero-order chi connectivity index (χ0) is 23.4. The van der Waals surface area contributed by atoms with Crippen LogP contribution in [0.1, 0.15) is 33.0 Å². The van der Waals surface area contributed by atoms with Crippen molar-refractivity contribution in [3.8, 4) is 22.1 Å². The molecule has 33 heavy (non-hydrogen) atoms. The Hall–Kier alpha value is -3.65. The molecule has 0 aliphatic carbocycles. The number of amides is 1. The SMILES string of the molecule is COc1ccc(-c2nc(C(=O)NCc3c(C)nn(Cc4ccccc4)c3C)cs2)cc1OC. The lowest BCUT2D eigenvalue weighted by molar-refractivity contribution is 0.0946. The summed E-state index contributed by atoms with van der Waals surface area (Å²) in [7, 11) is 3.19. The second-order valence-electron chi connectivity index (χ2n) is 7.58. The Balaban J connectivity index is 1.44. The Morgan fingerprint density at radius 1 is 1.06 bits per heavy atom. The summed E-state index contributed by atoms with van der Waals surface area (Å²) < 4.78 is 12.6. The van der Waals surface area contributed by atoms with E-state index in [1.54, 1.807) is 19.6 Å².